The smallest absolute Gasteiger partial charge is 0.223 e. The van der Waals surface area contributed by atoms with Crippen molar-refractivity contribution in [2.45, 2.75) is 0 Å². The van der Waals surface area contributed by atoms with Crippen molar-refractivity contribution in [2.24, 2.45) is 0 Å². The Kier molecular flexibility index (Phi) is 3.03. The summed E-state index contributed by atoms with van der Waals surface area (Å²) in [4.78, 5) is 7.18. The van der Waals surface area contributed by atoms with Gasteiger partial charge in [0.2, 0.25) is 5.28 Å². The molecule has 0 amide bonds. The van der Waals surface area contributed by atoms with Crippen LogP contribution in [0.4, 0.5) is 8.78 Å². The number of aromatic nitrogens is 2. The lowest BCUT2D eigenvalue weighted by Gasteiger charge is -2.04. The van der Waals surface area contributed by atoms with E-state index in [-0.39, 0.29) is 21.6 Å². The molecule has 0 saturated carbocycles. The number of hydrogen-bond donors (Lipinski definition) is 0. The molecule has 82 valence electrons. The molecule has 0 radical (unpaired) electrons. The fourth-order valence-electron chi connectivity index (χ4n) is 1.22. The highest BCUT2D eigenvalue weighted by Crippen LogP contribution is 2.29. The van der Waals surface area contributed by atoms with Gasteiger partial charge in [0.15, 0.2) is 5.82 Å². The minimum atomic E-state index is -0.669. The van der Waals surface area contributed by atoms with E-state index in [0.717, 1.165) is 18.3 Å². The highest BCUT2D eigenvalue weighted by atomic mass is 35.5. The summed E-state index contributed by atoms with van der Waals surface area (Å²) >= 11 is 11.3. The zero-order chi connectivity index (χ0) is 11.7. The lowest BCUT2D eigenvalue weighted by atomic mass is 10.1. The number of hydrogen-bond acceptors (Lipinski definition) is 2. The molecule has 0 bridgehead atoms. The van der Waals surface area contributed by atoms with Gasteiger partial charge in [-0.15, -0.1) is 0 Å². The summed E-state index contributed by atoms with van der Waals surface area (Å²) in [5.74, 6) is -1.17. The predicted molar refractivity (Wildman–Crippen MR) is 57.4 cm³/mol. The molecule has 1 aromatic heterocycles. The SMILES string of the molecule is Fc1ccc(-c2nc(Cl)ncc2F)c(Cl)c1. The molecule has 2 aromatic rings. The van der Waals surface area contributed by atoms with Crippen molar-refractivity contribution in [2.75, 3.05) is 0 Å². The third kappa shape index (κ3) is 2.13. The summed E-state index contributed by atoms with van der Waals surface area (Å²) in [5.41, 5.74) is 0.217. The van der Waals surface area contributed by atoms with E-state index >= 15 is 0 Å². The molecule has 0 aliphatic heterocycles. The van der Waals surface area contributed by atoms with Crippen LogP contribution < -0.4 is 0 Å². The van der Waals surface area contributed by atoms with Gasteiger partial charge in [-0.25, -0.2) is 18.7 Å². The van der Waals surface area contributed by atoms with Crippen LogP contribution in [0.1, 0.15) is 0 Å². The predicted octanol–water partition coefficient (Wildman–Crippen LogP) is 3.73. The molecule has 0 aliphatic carbocycles. The van der Waals surface area contributed by atoms with Crippen molar-refractivity contribution in [3.8, 4) is 11.3 Å². The van der Waals surface area contributed by atoms with Gasteiger partial charge in [0.1, 0.15) is 11.5 Å². The van der Waals surface area contributed by atoms with Crippen LogP contribution in [0.15, 0.2) is 24.4 Å². The first-order valence-electron chi connectivity index (χ1n) is 4.21. The van der Waals surface area contributed by atoms with E-state index in [1.54, 1.807) is 0 Å². The molecule has 0 N–H and O–H groups in total. The zero-order valence-electron chi connectivity index (χ0n) is 7.72. The number of nitrogens with zero attached hydrogens (tertiary/aromatic N) is 2. The average molecular weight is 261 g/mol. The molecule has 1 aromatic carbocycles. The summed E-state index contributed by atoms with van der Waals surface area (Å²) in [7, 11) is 0. The van der Waals surface area contributed by atoms with E-state index in [9.17, 15) is 8.78 Å². The molecule has 2 rings (SSSR count). The highest BCUT2D eigenvalue weighted by molar-refractivity contribution is 6.33. The van der Waals surface area contributed by atoms with E-state index in [2.05, 4.69) is 9.97 Å². The summed E-state index contributed by atoms with van der Waals surface area (Å²) < 4.78 is 26.2. The quantitative estimate of drug-likeness (QED) is 0.731. The van der Waals surface area contributed by atoms with Gasteiger partial charge in [-0.2, -0.15) is 0 Å². The Balaban J connectivity index is 2.62. The molecule has 6 heteroatoms. The van der Waals surface area contributed by atoms with E-state index in [0.29, 0.717) is 0 Å². The van der Waals surface area contributed by atoms with Crippen LogP contribution in [0, 0.1) is 11.6 Å². The Morgan fingerprint density at radius 2 is 1.88 bits per heavy atom. The molecule has 2 nitrogen and oxygen atoms in total. The van der Waals surface area contributed by atoms with Gasteiger partial charge in [0.05, 0.1) is 11.2 Å². The largest absolute Gasteiger partial charge is 0.223 e. The molecule has 0 aliphatic rings. The average Bonchev–Trinajstić information content (AvgIpc) is 2.22. The zero-order valence-corrected chi connectivity index (χ0v) is 9.23. The van der Waals surface area contributed by atoms with Crippen molar-refractivity contribution in [3.63, 3.8) is 0 Å². The second kappa shape index (κ2) is 4.31. The van der Waals surface area contributed by atoms with Gasteiger partial charge >= 0.3 is 0 Å². The van der Waals surface area contributed by atoms with Crippen LogP contribution in [0.2, 0.25) is 10.3 Å². The van der Waals surface area contributed by atoms with Crippen LogP contribution in [-0.4, -0.2) is 9.97 Å². The van der Waals surface area contributed by atoms with Crippen LogP contribution in [-0.2, 0) is 0 Å². The summed E-state index contributed by atoms with van der Waals surface area (Å²) in [6, 6.07) is 3.57. The van der Waals surface area contributed by atoms with Crippen LogP contribution in [0.25, 0.3) is 11.3 Å². The summed E-state index contributed by atoms with van der Waals surface area (Å²) in [6.07, 6.45) is 0.935. The molecular weight excluding hydrogens is 257 g/mol. The van der Waals surface area contributed by atoms with Gasteiger partial charge < -0.3 is 0 Å². The van der Waals surface area contributed by atoms with Crippen LogP contribution in [0.5, 0.6) is 0 Å². The van der Waals surface area contributed by atoms with Gasteiger partial charge in [-0.3, -0.25) is 0 Å². The summed E-state index contributed by atoms with van der Waals surface area (Å²) in [6.45, 7) is 0. The molecule has 0 fully saturated rings. The normalized spacial score (nSPS) is 10.5. The number of halogens is 4. The van der Waals surface area contributed by atoms with E-state index in [1.165, 1.54) is 6.07 Å². The Morgan fingerprint density at radius 3 is 2.56 bits per heavy atom. The van der Waals surface area contributed by atoms with Crippen molar-refractivity contribution >= 4 is 23.2 Å². The van der Waals surface area contributed by atoms with Gasteiger partial charge in [0.25, 0.3) is 0 Å². The maximum absolute atomic E-state index is 13.4. The number of benzene rings is 1. The minimum Gasteiger partial charge on any atom is -0.223 e. The lowest BCUT2D eigenvalue weighted by molar-refractivity contribution is 0.616. The Hall–Kier alpha value is -1.26. The third-order valence-corrected chi connectivity index (χ3v) is 2.40. The Morgan fingerprint density at radius 1 is 1.12 bits per heavy atom. The summed E-state index contributed by atoms with van der Waals surface area (Å²) in [5, 5.41) is -0.0366. The topological polar surface area (TPSA) is 25.8 Å². The first kappa shape index (κ1) is 11.2. The second-order valence-corrected chi connectivity index (χ2v) is 3.71. The second-order valence-electron chi connectivity index (χ2n) is 2.96. The van der Waals surface area contributed by atoms with Crippen molar-refractivity contribution in [1.82, 2.24) is 9.97 Å². The van der Waals surface area contributed by atoms with E-state index < -0.39 is 11.6 Å². The van der Waals surface area contributed by atoms with Crippen molar-refractivity contribution in [3.05, 3.63) is 46.3 Å². The fraction of sp³-hybridized carbons (Fsp3) is 0. The van der Waals surface area contributed by atoms with Gasteiger partial charge in [0, 0.05) is 5.56 Å². The molecule has 0 unspecified atom stereocenters. The molecule has 0 atom stereocenters. The standard InChI is InChI=1S/C10H4Cl2F2N2/c11-7-3-5(13)1-2-6(7)9-8(14)4-15-10(12)16-9/h1-4H. The van der Waals surface area contributed by atoms with E-state index in [1.807, 2.05) is 0 Å². The maximum Gasteiger partial charge on any atom is 0.223 e. The first-order valence-corrected chi connectivity index (χ1v) is 4.97. The number of rotatable bonds is 1. The van der Waals surface area contributed by atoms with E-state index in [4.69, 9.17) is 23.2 Å². The highest BCUT2D eigenvalue weighted by Gasteiger charge is 2.12. The van der Waals surface area contributed by atoms with Crippen molar-refractivity contribution in [1.29, 1.82) is 0 Å². The Bertz CT molecular complexity index is 546. The monoisotopic (exact) mass is 260 g/mol. The van der Waals surface area contributed by atoms with Crippen LogP contribution in [0.3, 0.4) is 0 Å². The third-order valence-electron chi connectivity index (χ3n) is 1.90. The maximum atomic E-state index is 13.4. The lowest BCUT2D eigenvalue weighted by Crippen LogP contribution is -1.93. The molecule has 0 saturated heterocycles. The molecule has 16 heavy (non-hydrogen) atoms. The van der Waals surface area contributed by atoms with Crippen LogP contribution >= 0.6 is 23.2 Å². The van der Waals surface area contributed by atoms with Gasteiger partial charge in [-0.1, -0.05) is 11.6 Å². The molecular formula is C10H4Cl2F2N2. The fourth-order valence-corrected chi connectivity index (χ4v) is 1.61. The first-order chi connectivity index (χ1) is 7.58. The minimum absolute atomic E-state index is 0.0509. The Labute approximate surface area is 99.9 Å². The molecule has 1 heterocycles. The van der Waals surface area contributed by atoms with Gasteiger partial charge in [-0.05, 0) is 29.8 Å². The van der Waals surface area contributed by atoms with Crippen molar-refractivity contribution < 1.29 is 8.78 Å². The molecule has 0 spiro atoms.